The predicted molar refractivity (Wildman–Crippen MR) is 75.0 cm³/mol. The maximum absolute atomic E-state index is 13.0. The summed E-state index contributed by atoms with van der Waals surface area (Å²) in [6.45, 7) is 0.381. The van der Waals surface area contributed by atoms with Crippen molar-refractivity contribution in [2.45, 2.75) is 18.3 Å². The molecule has 6 nitrogen and oxygen atoms in total. The fraction of sp³-hybridized carbons (Fsp3) is 0.267. The highest BCUT2D eigenvalue weighted by Crippen LogP contribution is 2.47. The molecule has 114 valence electrons. The molecule has 1 aromatic heterocycles. The number of carbonyl (C=O) groups is 1. The first-order chi connectivity index (χ1) is 10.5. The minimum absolute atomic E-state index is 0.0957. The van der Waals surface area contributed by atoms with Crippen LogP contribution in [0.1, 0.15) is 29.0 Å². The number of halogens is 1. The molecule has 0 aliphatic heterocycles. The van der Waals surface area contributed by atoms with Crippen molar-refractivity contribution in [3.05, 3.63) is 63.7 Å². The number of carbonyl (C=O) groups excluding carboxylic acids is 1. The lowest BCUT2D eigenvalue weighted by Crippen LogP contribution is -2.32. The first-order valence-corrected chi connectivity index (χ1v) is 6.79. The molecule has 1 N–H and O–H groups in total. The van der Waals surface area contributed by atoms with Crippen LogP contribution >= 0.6 is 0 Å². The highest BCUT2D eigenvalue weighted by molar-refractivity contribution is 5.91. The molecule has 1 fully saturated rings. The molecule has 2 aromatic rings. The Morgan fingerprint density at radius 1 is 1.27 bits per heavy atom. The number of hydrogen-bond donors (Lipinski definition) is 1. The number of benzene rings is 1. The zero-order valence-electron chi connectivity index (χ0n) is 11.5. The molecule has 1 aliphatic carbocycles. The maximum Gasteiger partial charge on any atom is 0.433 e. The van der Waals surface area contributed by atoms with Gasteiger partial charge in [0.1, 0.15) is 10.7 Å². The molecular formula is C15H13FN2O4. The van der Waals surface area contributed by atoms with Crippen LogP contribution in [-0.2, 0) is 5.41 Å². The SMILES string of the molecule is O=C(NCC1(c2ccc(F)cc2)CC1)c1ccc([N+](=O)[O-])o1. The zero-order chi connectivity index (χ0) is 15.7. The van der Waals surface area contributed by atoms with E-state index < -0.39 is 16.7 Å². The Hall–Kier alpha value is -2.70. The number of furan rings is 1. The Labute approximate surface area is 125 Å². The third-order valence-electron chi connectivity index (χ3n) is 3.89. The van der Waals surface area contributed by atoms with Gasteiger partial charge in [0.2, 0.25) is 0 Å². The van der Waals surface area contributed by atoms with Gasteiger partial charge in [-0.15, -0.1) is 0 Å². The first-order valence-electron chi connectivity index (χ1n) is 6.79. The van der Waals surface area contributed by atoms with E-state index in [0.717, 1.165) is 24.5 Å². The molecule has 0 saturated heterocycles. The topological polar surface area (TPSA) is 85.4 Å². The van der Waals surface area contributed by atoms with Crippen molar-refractivity contribution >= 4 is 11.8 Å². The van der Waals surface area contributed by atoms with Gasteiger partial charge >= 0.3 is 5.88 Å². The largest absolute Gasteiger partial charge is 0.433 e. The first kappa shape index (κ1) is 14.2. The molecule has 0 radical (unpaired) electrons. The van der Waals surface area contributed by atoms with Crippen molar-refractivity contribution in [3.8, 4) is 0 Å². The van der Waals surface area contributed by atoms with Gasteiger partial charge in [0.05, 0.1) is 6.07 Å². The van der Waals surface area contributed by atoms with E-state index in [1.54, 1.807) is 12.1 Å². The minimum atomic E-state index is -0.697. The van der Waals surface area contributed by atoms with E-state index in [-0.39, 0.29) is 17.0 Å². The van der Waals surface area contributed by atoms with E-state index in [0.29, 0.717) is 6.54 Å². The second-order valence-electron chi connectivity index (χ2n) is 5.36. The Balaban J connectivity index is 1.65. The van der Waals surface area contributed by atoms with E-state index in [4.69, 9.17) is 4.42 Å². The Morgan fingerprint density at radius 3 is 2.50 bits per heavy atom. The Morgan fingerprint density at radius 2 is 1.95 bits per heavy atom. The van der Waals surface area contributed by atoms with E-state index >= 15 is 0 Å². The molecule has 1 aromatic carbocycles. The highest BCUT2D eigenvalue weighted by Gasteiger charge is 2.44. The van der Waals surface area contributed by atoms with Crippen LogP contribution in [0.5, 0.6) is 0 Å². The molecule has 0 unspecified atom stereocenters. The number of rotatable bonds is 5. The van der Waals surface area contributed by atoms with Gasteiger partial charge in [-0.1, -0.05) is 12.1 Å². The lowest BCUT2D eigenvalue weighted by molar-refractivity contribution is -0.402. The number of nitrogens with zero attached hydrogens (tertiary/aromatic N) is 1. The summed E-state index contributed by atoms with van der Waals surface area (Å²) in [7, 11) is 0. The van der Waals surface area contributed by atoms with Crippen LogP contribution in [0.4, 0.5) is 10.3 Å². The van der Waals surface area contributed by atoms with E-state index in [2.05, 4.69) is 5.32 Å². The van der Waals surface area contributed by atoms with Crippen LogP contribution in [-0.4, -0.2) is 17.4 Å². The van der Waals surface area contributed by atoms with Crippen LogP contribution in [0.2, 0.25) is 0 Å². The van der Waals surface area contributed by atoms with Gasteiger partial charge in [-0.25, -0.2) is 4.39 Å². The summed E-state index contributed by atoms with van der Waals surface area (Å²) < 4.78 is 17.8. The van der Waals surface area contributed by atoms with Gasteiger partial charge in [0.25, 0.3) is 5.91 Å². The van der Waals surface area contributed by atoms with Crippen molar-refractivity contribution < 1.29 is 18.5 Å². The van der Waals surface area contributed by atoms with Crippen LogP contribution in [0.15, 0.2) is 40.8 Å². The third kappa shape index (κ3) is 2.69. The average Bonchev–Trinajstić information content (AvgIpc) is 3.11. The summed E-state index contributed by atoms with van der Waals surface area (Å²) in [5.41, 5.74) is 0.793. The van der Waals surface area contributed by atoms with E-state index in [9.17, 15) is 19.3 Å². The van der Waals surface area contributed by atoms with E-state index in [1.807, 2.05) is 0 Å². The van der Waals surface area contributed by atoms with Gasteiger partial charge in [0, 0.05) is 12.0 Å². The molecular weight excluding hydrogens is 291 g/mol. The zero-order valence-corrected chi connectivity index (χ0v) is 11.5. The lowest BCUT2D eigenvalue weighted by Gasteiger charge is -2.16. The quantitative estimate of drug-likeness (QED) is 0.680. The molecule has 0 spiro atoms. The van der Waals surface area contributed by atoms with E-state index in [1.165, 1.54) is 18.2 Å². The Kier molecular flexibility index (Phi) is 3.40. The molecule has 0 atom stereocenters. The number of amides is 1. The van der Waals surface area contributed by atoms with Crippen molar-refractivity contribution in [1.29, 1.82) is 0 Å². The average molecular weight is 304 g/mol. The smallest absolute Gasteiger partial charge is 0.395 e. The van der Waals surface area contributed by atoms with Gasteiger partial charge in [-0.2, -0.15) is 0 Å². The summed E-state index contributed by atoms with van der Waals surface area (Å²) in [6, 6.07) is 8.63. The second-order valence-corrected chi connectivity index (χ2v) is 5.36. The molecule has 0 bridgehead atoms. The molecule has 22 heavy (non-hydrogen) atoms. The lowest BCUT2D eigenvalue weighted by atomic mass is 9.96. The molecule has 1 aliphatic rings. The normalized spacial score (nSPS) is 15.3. The monoisotopic (exact) mass is 304 g/mol. The molecule has 1 heterocycles. The fourth-order valence-electron chi connectivity index (χ4n) is 2.41. The predicted octanol–water partition coefficient (Wildman–Crippen LogP) is 2.79. The number of hydrogen-bond acceptors (Lipinski definition) is 4. The molecule has 1 amide bonds. The standard InChI is InChI=1S/C15H13FN2O4/c16-11-3-1-10(2-4-11)15(7-8-15)9-17-14(19)12-5-6-13(22-12)18(20)21/h1-6H,7-9H2,(H,17,19). The summed E-state index contributed by atoms with van der Waals surface area (Å²) in [4.78, 5) is 21.8. The fourth-order valence-corrected chi connectivity index (χ4v) is 2.41. The molecule has 1 saturated carbocycles. The van der Waals surface area contributed by atoms with Crippen molar-refractivity contribution in [2.24, 2.45) is 0 Å². The van der Waals surface area contributed by atoms with Gasteiger partial charge < -0.3 is 9.73 Å². The minimum Gasteiger partial charge on any atom is -0.395 e. The number of nitro groups is 1. The van der Waals surface area contributed by atoms with Gasteiger partial charge in [-0.3, -0.25) is 14.9 Å². The maximum atomic E-state index is 13.0. The van der Waals surface area contributed by atoms with Crippen molar-refractivity contribution in [2.75, 3.05) is 6.54 Å². The Bertz CT molecular complexity index is 719. The van der Waals surface area contributed by atoms with Crippen LogP contribution < -0.4 is 5.32 Å². The van der Waals surface area contributed by atoms with Gasteiger partial charge in [-0.05, 0) is 36.6 Å². The summed E-state index contributed by atoms with van der Waals surface area (Å²) in [6.07, 6.45) is 1.80. The summed E-state index contributed by atoms with van der Waals surface area (Å²) in [5.74, 6) is -1.36. The molecule has 3 rings (SSSR count). The van der Waals surface area contributed by atoms with Crippen LogP contribution in [0.25, 0.3) is 0 Å². The van der Waals surface area contributed by atoms with Crippen LogP contribution in [0.3, 0.4) is 0 Å². The van der Waals surface area contributed by atoms with Gasteiger partial charge in [0.15, 0.2) is 5.76 Å². The van der Waals surface area contributed by atoms with Crippen molar-refractivity contribution in [3.63, 3.8) is 0 Å². The molecule has 7 heteroatoms. The van der Waals surface area contributed by atoms with Crippen molar-refractivity contribution in [1.82, 2.24) is 5.32 Å². The van der Waals surface area contributed by atoms with Crippen LogP contribution in [0, 0.1) is 15.9 Å². The second kappa shape index (κ2) is 5.25. The number of nitrogens with one attached hydrogen (secondary N) is 1. The third-order valence-corrected chi connectivity index (χ3v) is 3.89. The highest BCUT2D eigenvalue weighted by atomic mass is 19.1. The summed E-state index contributed by atoms with van der Waals surface area (Å²) in [5, 5.41) is 13.2. The summed E-state index contributed by atoms with van der Waals surface area (Å²) >= 11 is 0.